The summed E-state index contributed by atoms with van der Waals surface area (Å²) in [7, 11) is -0.914. The lowest BCUT2D eigenvalue weighted by Crippen LogP contribution is -2.42. The van der Waals surface area contributed by atoms with Crippen molar-refractivity contribution >= 4 is 33.0 Å². The Morgan fingerprint density at radius 1 is 1.00 bits per heavy atom. The van der Waals surface area contributed by atoms with E-state index in [0.717, 1.165) is 27.0 Å². The van der Waals surface area contributed by atoms with Crippen LogP contribution in [0, 0.1) is 5.92 Å². The molecule has 1 heterocycles. The van der Waals surface area contributed by atoms with Crippen molar-refractivity contribution in [1.29, 1.82) is 0 Å². The van der Waals surface area contributed by atoms with Gasteiger partial charge < -0.3 is 14.8 Å². The minimum Gasteiger partial charge on any atom is -0.497 e. The maximum Gasteiger partial charge on any atom is 0.274 e. The number of para-hydroxylation sites is 2. The zero-order valence-corrected chi connectivity index (χ0v) is 20.7. The molecule has 1 aromatic heterocycles. The second-order valence-corrected chi connectivity index (χ2v) is 10.7. The van der Waals surface area contributed by atoms with Gasteiger partial charge in [-0.25, -0.2) is 8.42 Å². The van der Waals surface area contributed by atoms with Crippen molar-refractivity contribution in [3.63, 3.8) is 0 Å². The number of sulfonamides is 1. The molecule has 0 bridgehead atoms. The minimum absolute atomic E-state index is 0.0796. The van der Waals surface area contributed by atoms with Gasteiger partial charge in [-0.05, 0) is 47.2 Å². The maximum absolute atomic E-state index is 13.4. The first-order valence-electron chi connectivity index (χ1n) is 10.4. The van der Waals surface area contributed by atoms with E-state index < -0.39 is 15.9 Å². The predicted molar refractivity (Wildman–Crippen MR) is 131 cm³/mol. The Labute approximate surface area is 199 Å². The molecular formula is C24H28N2O5S2. The molecule has 0 aliphatic carbocycles. The molecule has 0 aliphatic rings. The third-order valence-electron chi connectivity index (χ3n) is 5.14. The van der Waals surface area contributed by atoms with Gasteiger partial charge in [0.25, 0.3) is 10.0 Å². The molecule has 1 atom stereocenters. The molecule has 0 unspecified atom stereocenters. The van der Waals surface area contributed by atoms with Crippen LogP contribution in [0.1, 0.15) is 25.5 Å². The Morgan fingerprint density at radius 2 is 1.70 bits per heavy atom. The zero-order chi connectivity index (χ0) is 24.0. The Balaban J connectivity index is 1.92. The summed E-state index contributed by atoms with van der Waals surface area (Å²) >= 11 is 1.10. The highest BCUT2D eigenvalue weighted by molar-refractivity contribution is 7.94. The smallest absolute Gasteiger partial charge is 0.274 e. The molecule has 2 aromatic carbocycles. The molecule has 1 amide bonds. The highest BCUT2D eigenvalue weighted by Crippen LogP contribution is 2.33. The van der Waals surface area contributed by atoms with E-state index in [-0.39, 0.29) is 22.7 Å². The van der Waals surface area contributed by atoms with Crippen LogP contribution in [0.15, 0.2) is 70.3 Å². The number of methoxy groups -OCH3 is 2. The van der Waals surface area contributed by atoms with Crippen molar-refractivity contribution in [3.05, 3.63) is 71.6 Å². The SMILES string of the molecule is COc1ccc([C@H](NC(=O)CN(c2ccccc2OC)S(=O)(=O)c2cccs2)C(C)C)cc1. The first kappa shape index (κ1) is 24.6. The van der Waals surface area contributed by atoms with Gasteiger partial charge in [0.05, 0.1) is 25.9 Å². The number of ether oxygens (including phenoxy) is 2. The number of nitrogens with zero attached hydrogens (tertiary/aromatic N) is 1. The summed E-state index contributed by atoms with van der Waals surface area (Å²) < 4.78 is 38.7. The van der Waals surface area contributed by atoms with Gasteiger partial charge >= 0.3 is 0 Å². The second-order valence-electron chi connectivity index (χ2n) is 7.68. The average molecular weight is 489 g/mol. The van der Waals surface area contributed by atoms with Crippen LogP contribution in [0.4, 0.5) is 5.69 Å². The quantitative estimate of drug-likeness (QED) is 0.455. The lowest BCUT2D eigenvalue weighted by atomic mass is 9.96. The number of nitrogens with one attached hydrogen (secondary N) is 1. The summed E-state index contributed by atoms with van der Waals surface area (Å²) in [5.41, 5.74) is 1.21. The summed E-state index contributed by atoms with van der Waals surface area (Å²) in [5.74, 6) is 0.740. The predicted octanol–water partition coefficient (Wildman–Crippen LogP) is 4.47. The van der Waals surface area contributed by atoms with Crippen molar-refractivity contribution in [2.75, 3.05) is 25.1 Å². The number of benzene rings is 2. The maximum atomic E-state index is 13.4. The molecule has 7 nitrogen and oxygen atoms in total. The molecule has 176 valence electrons. The van der Waals surface area contributed by atoms with Crippen molar-refractivity contribution in [2.24, 2.45) is 5.92 Å². The molecule has 0 fully saturated rings. The molecule has 3 rings (SSSR count). The monoisotopic (exact) mass is 488 g/mol. The molecule has 9 heteroatoms. The van der Waals surface area contributed by atoms with Crippen LogP contribution in [0.25, 0.3) is 0 Å². The van der Waals surface area contributed by atoms with Crippen molar-refractivity contribution in [1.82, 2.24) is 5.32 Å². The highest BCUT2D eigenvalue weighted by atomic mass is 32.2. The molecule has 0 spiro atoms. The fraction of sp³-hybridized carbons (Fsp3) is 0.292. The van der Waals surface area contributed by atoms with Gasteiger partial charge in [-0.1, -0.05) is 44.2 Å². The Hall–Kier alpha value is -3.04. The molecule has 0 radical (unpaired) electrons. The van der Waals surface area contributed by atoms with Crippen LogP contribution in [-0.2, 0) is 14.8 Å². The van der Waals surface area contributed by atoms with Crippen LogP contribution >= 0.6 is 11.3 Å². The third kappa shape index (κ3) is 5.66. The molecule has 0 aliphatic heterocycles. The van der Waals surface area contributed by atoms with Crippen molar-refractivity contribution in [2.45, 2.75) is 24.1 Å². The van der Waals surface area contributed by atoms with E-state index in [9.17, 15) is 13.2 Å². The van der Waals surface area contributed by atoms with E-state index in [1.165, 1.54) is 13.2 Å². The number of carbonyl (C=O) groups is 1. The Kier molecular flexibility index (Phi) is 7.99. The largest absolute Gasteiger partial charge is 0.497 e. The number of amides is 1. The number of carbonyl (C=O) groups excluding carboxylic acids is 1. The first-order valence-corrected chi connectivity index (χ1v) is 12.7. The average Bonchev–Trinajstić information content (AvgIpc) is 3.37. The van der Waals surface area contributed by atoms with Crippen molar-refractivity contribution < 1.29 is 22.7 Å². The second kappa shape index (κ2) is 10.7. The van der Waals surface area contributed by atoms with Crippen LogP contribution in [0.3, 0.4) is 0 Å². The summed E-state index contributed by atoms with van der Waals surface area (Å²) in [5, 5.41) is 4.69. The summed E-state index contributed by atoms with van der Waals surface area (Å²) in [6.07, 6.45) is 0. The standard InChI is InChI=1S/C24H28N2O5S2/c1-17(2)24(18-11-13-19(30-3)14-12-18)25-22(27)16-26(20-8-5-6-9-21(20)31-4)33(28,29)23-10-7-15-32-23/h5-15,17,24H,16H2,1-4H3,(H,25,27)/t24-/m1/s1. The molecule has 0 saturated carbocycles. The zero-order valence-electron chi connectivity index (χ0n) is 19.0. The summed E-state index contributed by atoms with van der Waals surface area (Å²) in [6.45, 7) is 3.60. The number of hydrogen-bond donors (Lipinski definition) is 1. The van der Waals surface area contributed by atoms with Gasteiger partial charge in [-0.3, -0.25) is 9.10 Å². The van der Waals surface area contributed by atoms with Crippen LogP contribution < -0.4 is 19.1 Å². The molecule has 0 saturated heterocycles. The lowest BCUT2D eigenvalue weighted by molar-refractivity contribution is -0.120. The highest BCUT2D eigenvalue weighted by Gasteiger charge is 2.31. The van der Waals surface area contributed by atoms with Crippen LogP contribution in [0.5, 0.6) is 11.5 Å². The number of hydrogen-bond acceptors (Lipinski definition) is 6. The van der Waals surface area contributed by atoms with E-state index in [2.05, 4.69) is 5.32 Å². The van der Waals surface area contributed by atoms with Gasteiger partial charge in [0.15, 0.2) is 0 Å². The number of anilines is 1. The topological polar surface area (TPSA) is 84.9 Å². The van der Waals surface area contributed by atoms with E-state index in [0.29, 0.717) is 11.4 Å². The minimum atomic E-state index is -3.97. The third-order valence-corrected chi connectivity index (χ3v) is 8.27. The Morgan fingerprint density at radius 3 is 2.27 bits per heavy atom. The van der Waals surface area contributed by atoms with Gasteiger partial charge in [-0.2, -0.15) is 0 Å². The van der Waals surface area contributed by atoms with Crippen molar-refractivity contribution in [3.8, 4) is 11.5 Å². The fourth-order valence-corrected chi connectivity index (χ4v) is 5.99. The first-order chi connectivity index (χ1) is 15.8. The fourth-order valence-electron chi connectivity index (χ4n) is 3.45. The van der Waals surface area contributed by atoms with Gasteiger partial charge in [0, 0.05) is 0 Å². The van der Waals surface area contributed by atoms with Crippen LogP contribution in [0.2, 0.25) is 0 Å². The Bertz CT molecular complexity index is 1160. The van der Waals surface area contributed by atoms with Gasteiger partial charge in [0.1, 0.15) is 22.3 Å². The molecular weight excluding hydrogens is 460 g/mol. The van der Waals surface area contributed by atoms with E-state index in [1.54, 1.807) is 42.8 Å². The van der Waals surface area contributed by atoms with Crippen LogP contribution in [-0.4, -0.2) is 35.1 Å². The van der Waals surface area contributed by atoms with E-state index in [4.69, 9.17) is 9.47 Å². The summed E-state index contributed by atoms with van der Waals surface area (Å²) in [6, 6.07) is 17.1. The number of thiophene rings is 1. The van der Waals surface area contributed by atoms with E-state index in [1.807, 2.05) is 38.1 Å². The molecule has 3 aromatic rings. The van der Waals surface area contributed by atoms with Gasteiger partial charge in [0.2, 0.25) is 5.91 Å². The van der Waals surface area contributed by atoms with Gasteiger partial charge in [-0.15, -0.1) is 11.3 Å². The number of rotatable bonds is 10. The summed E-state index contributed by atoms with van der Waals surface area (Å²) in [4.78, 5) is 13.2. The lowest BCUT2D eigenvalue weighted by Gasteiger charge is -2.27. The molecule has 33 heavy (non-hydrogen) atoms. The molecule has 1 N–H and O–H groups in total. The normalized spacial score (nSPS) is 12.3. The van der Waals surface area contributed by atoms with E-state index >= 15 is 0 Å².